The van der Waals surface area contributed by atoms with Gasteiger partial charge in [-0.25, -0.2) is 4.98 Å². The number of rotatable bonds is 3. The number of nitrogens with zero attached hydrogens (tertiary/aromatic N) is 2. The molecule has 3 heterocycles. The molecule has 5 heteroatoms. The van der Waals surface area contributed by atoms with Crippen LogP contribution in [0.5, 0.6) is 0 Å². The summed E-state index contributed by atoms with van der Waals surface area (Å²) in [6.45, 7) is 4.23. The van der Waals surface area contributed by atoms with Crippen LogP contribution in [0.4, 0.5) is 5.69 Å². The summed E-state index contributed by atoms with van der Waals surface area (Å²) < 4.78 is 2.09. The molecule has 25 heavy (non-hydrogen) atoms. The van der Waals surface area contributed by atoms with Crippen LogP contribution in [0.3, 0.4) is 0 Å². The molecule has 0 saturated carbocycles. The Labute approximate surface area is 147 Å². The average molecular weight is 337 g/mol. The first-order valence-electron chi connectivity index (χ1n) is 8.86. The topological polar surface area (TPSA) is 69.8 Å². The fourth-order valence-corrected chi connectivity index (χ4v) is 3.82. The van der Waals surface area contributed by atoms with Crippen molar-refractivity contribution in [2.24, 2.45) is 0 Å². The van der Waals surface area contributed by atoms with Gasteiger partial charge in [0.2, 0.25) is 0 Å². The molecule has 1 aromatic carbocycles. The number of aliphatic hydroxyl groups excluding tert-OH is 2. The second-order valence-corrected chi connectivity index (χ2v) is 6.52. The number of aromatic nitrogens is 2. The summed E-state index contributed by atoms with van der Waals surface area (Å²) in [6, 6.07) is 11.2. The number of fused-ring (bicyclic) bond motifs is 3. The number of anilines is 1. The van der Waals surface area contributed by atoms with E-state index in [1.807, 2.05) is 42.6 Å². The van der Waals surface area contributed by atoms with Gasteiger partial charge < -0.3 is 19.9 Å². The van der Waals surface area contributed by atoms with Gasteiger partial charge in [0, 0.05) is 17.5 Å². The van der Waals surface area contributed by atoms with Gasteiger partial charge in [-0.2, -0.15) is 0 Å². The average Bonchev–Trinajstić information content (AvgIpc) is 3.03. The second-order valence-electron chi connectivity index (χ2n) is 6.52. The molecule has 3 atom stereocenters. The number of pyridine rings is 1. The predicted molar refractivity (Wildman–Crippen MR) is 97.7 cm³/mol. The summed E-state index contributed by atoms with van der Waals surface area (Å²) in [4.78, 5) is 4.81. The zero-order valence-electron chi connectivity index (χ0n) is 14.5. The van der Waals surface area contributed by atoms with Gasteiger partial charge >= 0.3 is 0 Å². The molecule has 0 spiro atoms. The van der Waals surface area contributed by atoms with Gasteiger partial charge in [-0.1, -0.05) is 44.2 Å². The van der Waals surface area contributed by atoms with E-state index in [4.69, 9.17) is 4.98 Å². The van der Waals surface area contributed by atoms with E-state index in [0.29, 0.717) is 5.56 Å². The molecule has 1 aliphatic heterocycles. The first-order valence-corrected chi connectivity index (χ1v) is 8.86. The number of hydrogen-bond donors (Lipinski definition) is 3. The molecule has 0 aliphatic carbocycles. The number of nitrogens with one attached hydrogen (secondary N) is 1. The van der Waals surface area contributed by atoms with Crippen LogP contribution in [0, 0.1) is 0 Å². The smallest absolute Gasteiger partial charge is 0.161 e. The Bertz CT molecular complexity index is 904. The number of benzene rings is 1. The van der Waals surface area contributed by atoms with Gasteiger partial charge in [-0.05, 0) is 24.5 Å². The van der Waals surface area contributed by atoms with Crippen LogP contribution in [0.2, 0.25) is 0 Å². The molecular formula is C20H23N3O2. The number of aryl methyl sites for hydroxylation is 2. The maximum Gasteiger partial charge on any atom is 0.161 e. The molecule has 0 saturated heterocycles. The highest BCUT2D eigenvalue weighted by Crippen LogP contribution is 2.41. The van der Waals surface area contributed by atoms with Gasteiger partial charge in [0.25, 0.3) is 0 Å². The lowest BCUT2D eigenvalue weighted by Gasteiger charge is -2.35. The fraction of sp³-hybridized carbons (Fsp3) is 0.350. The van der Waals surface area contributed by atoms with E-state index >= 15 is 0 Å². The van der Waals surface area contributed by atoms with Crippen LogP contribution in [-0.4, -0.2) is 25.7 Å². The summed E-state index contributed by atoms with van der Waals surface area (Å²) in [5, 5.41) is 24.7. The van der Waals surface area contributed by atoms with Gasteiger partial charge in [0.05, 0.1) is 17.4 Å². The van der Waals surface area contributed by atoms with Gasteiger partial charge in [-0.15, -0.1) is 0 Å². The molecule has 2 aromatic heterocycles. The lowest BCUT2D eigenvalue weighted by molar-refractivity contribution is 0.00198. The highest BCUT2D eigenvalue weighted by atomic mass is 16.3. The van der Waals surface area contributed by atoms with Crippen molar-refractivity contribution in [2.45, 2.75) is 44.9 Å². The lowest BCUT2D eigenvalue weighted by Crippen LogP contribution is -2.36. The molecule has 3 N–H and O–H groups in total. The van der Waals surface area contributed by atoms with E-state index in [1.165, 1.54) is 5.69 Å². The molecule has 5 nitrogen and oxygen atoms in total. The first kappa shape index (κ1) is 16.1. The van der Waals surface area contributed by atoms with Crippen molar-refractivity contribution in [1.29, 1.82) is 0 Å². The quantitative estimate of drug-likeness (QED) is 0.687. The van der Waals surface area contributed by atoms with E-state index in [1.54, 1.807) is 0 Å². The molecule has 0 bridgehead atoms. The van der Waals surface area contributed by atoms with Gasteiger partial charge in [0.1, 0.15) is 12.2 Å². The zero-order chi connectivity index (χ0) is 17.6. The molecule has 0 fully saturated rings. The van der Waals surface area contributed by atoms with Crippen LogP contribution in [0.1, 0.15) is 48.5 Å². The Balaban J connectivity index is 1.89. The monoisotopic (exact) mass is 337 g/mol. The van der Waals surface area contributed by atoms with Crippen LogP contribution < -0.4 is 5.32 Å². The molecular weight excluding hydrogens is 314 g/mol. The van der Waals surface area contributed by atoms with Crippen LogP contribution in [-0.2, 0) is 12.8 Å². The number of hydrogen-bond acceptors (Lipinski definition) is 4. The second kappa shape index (κ2) is 6.17. The van der Waals surface area contributed by atoms with E-state index < -0.39 is 12.2 Å². The first-order chi connectivity index (χ1) is 12.2. The van der Waals surface area contributed by atoms with Crippen LogP contribution >= 0.6 is 0 Å². The van der Waals surface area contributed by atoms with E-state index in [9.17, 15) is 10.2 Å². The minimum Gasteiger partial charge on any atom is -0.388 e. The third-order valence-corrected chi connectivity index (χ3v) is 5.12. The zero-order valence-corrected chi connectivity index (χ0v) is 14.5. The highest BCUT2D eigenvalue weighted by Gasteiger charge is 2.36. The summed E-state index contributed by atoms with van der Waals surface area (Å²) in [7, 11) is 0. The molecule has 130 valence electrons. The van der Waals surface area contributed by atoms with Crippen molar-refractivity contribution in [3.63, 3.8) is 0 Å². The molecule has 1 aliphatic rings. The normalized spacial score (nSPS) is 22.6. The third-order valence-electron chi connectivity index (χ3n) is 5.12. The molecule has 3 aromatic rings. The SMILES string of the molecule is CCc1nc2c3c(ccn2c1CC)[C@@H](O)[C@H](O)[C@@H](c1ccccc1)N3. The van der Waals surface area contributed by atoms with E-state index in [2.05, 4.69) is 23.6 Å². The molecule has 0 radical (unpaired) electrons. The predicted octanol–water partition coefficient (Wildman–Crippen LogP) is 3.02. The van der Waals surface area contributed by atoms with Crippen molar-refractivity contribution in [3.05, 3.63) is 65.1 Å². The Morgan fingerprint density at radius 3 is 2.52 bits per heavy atom. The third kappa shape index (κ3) is 2.42. The fourth-order valence-electron chi connectivity index (χ4n) is 3.82. The lowest BCUT2D eigenvalue weighted by atomic mass is 9.89. The Kier molecular flexibility index (Phi) is 3.98. The van der Waals surface area contributed by atoms with Crippen molar-refractivity contribution < 1.29 is 10.2 Å². The van der Waals surface area contributed by atoms with Gasteiger partial charge in [-0.3, -0.25) is 0 Å². The van der Waals surface area contributed by atoms with Crippen LogP contribution in [0.25, 0.3) is 5.65 Å². The number of imidazole rings is 1. The Morgan fingerprint density at radius 2 is 1.84 bits per heavy atom. The highest BCUT2D eigenvalue weighted by molar-refractivity contribution is 5.75. The maximum atomic E-state index is 10.7. The van der Waals surface area contributed by atoms with Crippen molar-refractivity contribution >= 4 is 11.3 Å². The van der Waals surface area contributed by atoms with Gasteiger partial charge in [0.15, 0.2) is 5.65 Å². The summed E-state index contributed by atoms with van der Waals surface area (Å²) in [5.74, 6) is 0. The van der Waals surface area contributed by atoms with Crippen molar-refractivity contribution in [1.82, 2.24) is 9.38 Å². The van der Waals surface area contributed by atoms with E-state index in [-0.39, 0.29) is 6.04 Å². The minimum absolute atomic E-state index is 0.373. The molecule has 0 amide bonds. The minimum atomic E-state index is -0.946. The van der Waals surface area contributed by atoms with Crippen LogP contribution in [0.15, 0.2) is 42.6 Å². The van der Waals surface area contributed by atoms with Crippen molar-refractivity contribution in [2.75, 3.05) is 5.32 Å². The molecule has 4 rings (SSSR count). The Morgan fingerprint density at radius 1 is 1.08 bits per heavy atom. The standard InChI is InChI=1S/C20H23N3O2/c1-3-14-15(4-2)23-11-10-13-17(20(23)21-14)22-16(19(25)18(13)24)12-8-6-5-7-9-12/h5-11,16,18-19,22,24-25H,3-4H2,1-2H3/t16-,18-,19-/m1/s1. The van der Waals surface area contributed by atoms with E-state index in [0.717, 1.165) is 35.4 Å². The largest absolute Gasteiger partial charge is 0.388 e. The molecule has 0 unspecified atom stereocenters. The van der Waals surface area contributed by atoms with Crippen molar-refractivity contribution in [3.8, 4) is 0 Å². The summed E-state index contributed by atoms with van der Waals surface area (Å²) in [6.07, 6.45) is 1.85. The summed E-state index contributed by atoms with van der Waals surface area (Å²) in [5.41, 5.74) is 5.54. The Hall–Kier alpha value is -2.37. The summed E-state index contributed by atoms with van der Waals surface area (Å²) >= 11 is 0. The maximum absolute atomic E-state index is 10.7. The number of aliphatic hydroxyl groups is 2.